The molecule has 4 heterocycles. The van der Waals surface area contributed by atoms with Crippen LogP contribution in [0.3, 0.4) is 0 Å². The second-order valence-electron chi connectivity index (χ2n) is 12.2. The summed E-state index contributed by atoms with van der Waals surface area (Å²) in [6.45, 7) is 7.51. The minimum atomic E-state index is -0.639. The molecule has 1 aromatic rings. The Balaban J connectivity index is 0.995. The van der Waals surface area contributed by atoms with Crippen LogP contribution in [0.15, 0.2) is 30.3 Å². The topological polar surface area (TPSA) is 59.5 Å². The van der Waals surface area contributed by atoms with E-state index >= 15 is 0 Å². The predicted octanol–water partition coefficient (Wildman–Crippen LogP) is 3.82. The zero-order valence-electron chi connectivity index (χ0n) is 22.6. The molecule has 8 heteroatoms. The van der Waals surface area contributed by atoms with Crippen molar-refractivity contribution in [3.63, 3.8) is 0 Å². The molecule has 38 heavy (non-hydrogen) atoms. The van der Waals surface area contributed by atoms with Crippen LogP contribution in [-0.4, -0.2) is 105 Å². The number of carboxylic acids is 1. The largest absolute Gasteiger partial charge is 0.481 e. The van der Waals surface area contributed by atoms with Gasteiger partial charge in [-0.1, -0.05) is 30.3 Å². The first-order valence-electron chi connectivity index (χ1n) is 15.0. The highest BCUT2D eigenvalue weighted by atomic mass is 32.1. The number of rotatable bonds is 6. The molecule has 5 aliphatic rings. The van der Waals surface area contributed by atoms with Gasteiger partial charge in [-0.2, -0.15) is 0 Å². The van der Waals surface area contributed by atoms with Crippen LogP contribution in [0, 0.1) is 5.92 Å². The van der Waals surface area contributed by atoms with Gasteiger partial charge in [0.25, 0.3) is 5.17 Å². The van der Waals surface area contributed by atoms with Gasteiger partial charge in [0.2, 0.25) is 0 Å². The molecule has 3 atom stereocenters. The van der Waals surface area contributed by atoms with E-state index in [-0.39, 0.29) is 12.0 Å². The molecule has 0 bridgehead atoms. The number of likely N-dealkylation sites (tertiary alicyclic amines) is 3. The summed E-state index contributed by atoms with van der Waals surface area (Å²) >= 11 is 5.85. The summed E-state index contributed by atoms with van der Waals surface area (Å²) in [5.74, 6) is -0.825. The fourth-order valence-corrected chi connectivity index (χ4v) is 8.39. The number of nitrogens with zero attached hydrogens (tertiary/aromatic N) is 4. The van der Waals surface area contributed by atoms with Crippen molar-refractivity contribution < 1.29 is 14.6 Å². The lowest BCUT2D eigenvalue weighted by atomic mass is 9.84. The van der Waals surface area contributed by atoms with Gasteiger partial charge in [0.15, 0.2) is 0 Å². The van der Waals surface area contributed by atoms with Gasteiger partial charge in [-0.15, -0.1) is 0 Å². The molecule has 1 saturated carbocycles. The van der Waals surface area contributed by atoms with Crippen LogP contribution in [0.1, 0.15) is 63.4 Å². The number of thiocarbonyl (C=S) groups is 1. The molecule has 4 saturated heterocycles. The Labute approximate surface area is 233 Å². The predicted molar refractivity (Wildman–Crippen MR) is 152 cm³/mol. The third-order valence-corrected chi connectivity index (χ3v) is 10.4. The molecular weight excluding hydrogens is 496 g/mol. The first kappa shape index (κ1) is 26.5. The van der Waals surface area contributed by atoms with Crippen molar-refractivity contribution >= 4 is 23.4 Å². The van der Waals surface area contributed by atoms with Crippen LogP contribution in [0.5, 0.6) is 0 Å². The van der Waals surface area contributed by atoms with E-state index in [1.807, 2.05) is 0 Å². The molecule has 1 aliphatic carbocycles. The van der Waals surface area contributed by atoms with Gasteiger partial charge in [-0.25, -0.2) is 0 Å². The van der Waals surface area contributed by atoms with Gasteiger partial charge >= 0.3 is 5.97 Å². The van der Waals surface area contributed by atoms with Gasteiger partial charge in [0.1, 0.15) is 6.10 Å². The normalized spacial score (nSPS) is 31.3. The number of carboxylic acid groups (broad SMARTS) is 1. The average Bonchev–Trinajstić information content (AvgIpc) is 3.30. The summed E-state index contributed by atoms with van der Waals surface area (Å²) in [4.78, 5) is 21.8. The van der Waals surface area contributed by atoms with E-state index in [0.29, 0.717) is 24.2 Å². The van der Waals surface area contributed by atoms with E-state index in [0.717, 1.165) is 63.6 Å². The van der Waals surface area contributed by atoms with Crippen LogP contribution in [0.2, 0.25) is 0 Å². The van der Waals surface area contributed by atoms with Crippen LogP contribution in [0.25, 0.3) is 0 Å². The Bertz CT molecular complexity index is 956. The van der Waals surface area contributed by atoms with Crippen molar-refractivity contribution in [3.05, 3.63) is 35.9 Å². The third kappa shape index (κ3) is 5.60. The fourth-order valence-electron chi connectivity index (χ4n) is 7.99. The number of hydrogen-bond donors (Lipinski definition) is 1. The van der Waals surface area contributed by atoms with Crippen molar-refractivity contribution in [2.75, 3.05) is 39.3 Å². The quantitative estimate of drug-likeness (QED) is 0.547. The van der Waals surface area contributed by atoms with Crippen LogP contribution < -0.4 is 0 Å². The first-order chi connectivity index (χ1) is 18.6. The maximum absolute atomic E-state index is 11.4. The molecule has 5 fully saturated rings. The maximum Gasteiger partial charge on any atom is 0.306 e. The van der Waals surface area contributed by atoms with E-state index in [4.69, 9.17) is 17.0 Å². The number of aliphatic carboxylic acids is 1. The lowest BCUT2D eigenvalue weighted by Gasteiger charge is -2.46. The number of ether oxygens (including phenoxy) is 1. The molecule has 0 radical (unpaired) electrons. The SMILES string of the molecule is O=C(O)C1CCN(C2CCCC3C2OC(=S)N3C2CCN(C3CCN(Cc4ccccc4)CC3)CC2)CC1. The maximum atomic E-state index is 11.4. The first-order valence-corrected chi connectivity index (χ1v) is 15.4. The lowest BCUT2D eigenvalue weighted by Crippen LogP contribution is -2.57. The molecule has 3 unspecified atom stereocenters. The van der Waals surface area contributed by atoms with Gasteiger partial charge in [-0.05, 0) is 102 Å². The molecule has 1 aromatic carbocycles. The Morgan fingerprint density at radius 3 is 2.13 bits per heavy atom. The summed E-state index contributed by atoms with van der Waals surface area (Å²) in [6, 6.07) is 12.8. The highest BCUT2D eigenvalue weighted by Gasteiger charge is 2.50. The summed E-state index contributed by atoms with van der Waals surface area (Å²) in [5.41, 5.74) is 1.42. The van der Waals surface area contributed by atoms with E-state index in [1.165, 1.54) is 50.8 Å². The molecule has 208 valence electrons. The molecule has 4 aliphatic heterocycles. The van der Waals surface area contributed by atoms with Gasteiger partial charge in [0.05, 0.1) is 12.0 Å². The van der Waals surface area contributed by atoms with Crippen LogP contribution in [0.4, 0.5) is 0 Å². The minimum Gasteiger partial charge on any atom is -0.481 e. The molecule has 0 spiro atoms. The second-order valence-corrected chi connectivity index (χ2v) is 12.6. The van der Waals surface area contributed by atoms with Crippen molar-refractivity contribution in [1.29, 1.82) is 0 Å². The number of piperidine rings is 3. The van der Waals surface area contributed by atoms with E-state index < -0.39 is 5.97 Å². The van der Waals surface area contributed by atoms with Crippen LogP contribution in [-0.2, 0) is 16.1 Å². The monoisotopic (exact) mass is 540 g/mol. The van der Waals surface area contributed by atoms with E-state index in [1.54, 1.807) is 0 Å². The lowest BCUT2D eigenvalue weighted by molar-refractivity contribution is -0.143. The molecular formula is C30H44N4O3S. The molecule has 0 aromatic heterocycles. The van der Waals surface area contributed by atoms with E-state index in [9.17, 15) is 9.90 Å². The summed E-state index contributed by atoms with van der Waals surface area (Å²) in [5, 5.41) is 10.1. The number of fused-ring (bicyclic) bond motifs is 1. The summed E-state index contributed by atoms with van der Waals surface area (Å²) in [7, 11) is 0. The Morgan fingerprint density at radius 1 is 0.816 bits per heavy atom. The summed E-state index contributed by atoms with van der Waals surface area (Å²) in [6.07, 6.45) is 10.0. The van der Waals surface area contributed by atoms with Crippen molar-refractivity contribution in [3.8, 4) is 0 Å². The van der Waals surface area contributed by atoms with Crippen molar-refractivity contribution in [1.82, 2.24) is 19.6 Å². The molecule has 6 rings (SSSR count). The van der Waals surface area contributed by atoms with Crippen LogP contribution >= 0.6 is 12.2 Å². The van der Waals surface area contributed by atoms with Gasteiger partial charge in [-0.3, -0.25) is 14.6 Å². The van der Waals surface area contributed by atoms with Crippen molar-refractivity contribution in [2.45, 2.75) is 94.6 Å². The average molecular weight is 541 g/mol. The molecule has 1 N–H and O–H groups in total. The number of benzene rings is 1. The highest BCUT2D eigenvalue weighted by Crippen LogP contribution is 2.39. The minimum absolute atomic E-state index is 0.143. The zero-order chi connectivity index (χ0) is 26.1. The second kappa shape index (κ2) is 11.8. The Hall–Kier alpha value is -1.74. The summed E-state index contributed by atoms with van der Waals surface area (Å²) < 4.78 is 6.46. The number of hydrogen-bond acceptors (Lipinski definition) is 6. The zero-order valence-corrected chi connectivity index (χ0v) is 23.4. The Morgan fingerprint density at radius 2 is 1.45 bits per heavy atom. The molecule has 7 nitrogen and oxygen atoms in total. The standard InChI is InChI=1S/C30H44N4O3S/c35-29(36)23-9-17-33(18-10-23)26-7-4-8-27-28(26)37-30(38)34(27)25-13-19-32(20-14-25)24-11-15-31(16-12-24)21-22-5-2-1-3-6-22/h1-3,5-6,23-28H,4,7-21H2,(H,35,36). The van der Waals surface area contributed by atoms with Crippen molar-refractivity contribution in [2.24, 2.45) is 5.92 Å². The smallest absolute Gasteiger partial charge is 0.306 e. The molecule has 0 amide bonds. The van der Waals surface area contributed by atoms with Gasteiger partial charge < -0.3 is 19.6 Å². The fraction of sp³-hybridized carbons (Fsp3) is 0.733. The number of carbonyl (C=O) groups is 1. The van der Waals surface area contributed by atoms with Gasteiger partial charge in [0, 0.05) is 37.8 Å². The highest BCUT2D eigenvalue weighted by molar-refractivity contribution is 7.80. The third-order valence-electron chi connectivity index (χ3n) is 10.1. The Kier molecular flexibility index (Phi) is 8.21. The van der Waals surface area contributed by atoms with E-state index in [2.05, 4.69) is 49.9 Å².